The van der Waals surface area contributed by atoms with Gasteiger partial charge in [-0.25, -0.2) is 8.42 Å². The van der Waals surface area contributed by atoms with Gasteiger partial charge in [0.15, 0.2) is 0 Å². The van der Waals surface area contributed by atoms with Crippen LogP contribution in [0.2, 0.25) is 5.02 Å². The number of sulfonamides is 1. The molecule has 2 aliphatic heterocycles. The Labute approximate surface area is 206 Å². The van der Waals surface area contributed by atoms with Crippen LogP contribution in [0.15, 0.2) is 65.7 Å². The van der Waals surface area contributed by atoms with E-state index in [0.29, 0.717) is 10.7 Å². The number of benzene rings is 2. The SMILES string of the molecule is CN(Cc1ccn(C)n1)S(=O)(=O)c1ccc(NCC23CC(CN2Cc2ccccc2)C3)c(Cl)c1. The van der Waals surface area contributed by atoms with Crippen LogP contribution in [0.4, 0.5) is 5.69 Å². The molecule has 0 atom stereocenters. The van der Waals surface area contributed by atoms with Gasteiger partial charge in [-0.1, -0.05) is 41.9 Å². The topological polar surface area (TPSA) is 70.5 Å². The van der Waals surface area contributed by atoms with E-state index in [2.05, 4.69) is 39.6 Å². The average molecular weight is 500 g/mol. The van der Waals surface area contributed by atoms with E-state index in [4.69, 9.17) is 11.6 Å². The van der Waals surface area contributed by atoms with Crippen molar-refractivity contribution in [1.82, 2.24) is 19.0 Å². The van der Waals surface area contributed by atoms with Crippen molar-refractivity contribution in [2.75, 3.05) is 25.5 Å². The first kappa shape index (κ1) is 23.4. The summed E-state index contributed by atoms with van der Waals surface area (Å²) in [5, 5.41) is 8.18. The van der Waals surface area contributed by atoms with Crippen LogP contribution in [0.25, 0.3) is 0 Å². The number of hydrogen-bond donors (Lipinski definition) is 1. The molecule has 6 rings (SSSR count). The number of nitrogens with one attached hydrogen (secondary N) is 1. The Kier molecular flexibility index (Phi) is 6.18. The molecule has 2 saturated heterocycles. The van der Waals surface area contributed by atoms with Crippen LogP contribution < -0.4 is 5.32 Å². The quantitative estimate of drug-likeness (QED) is 0.482. The molecular formula is C25H30ClN5O2S. The Morgan fingerprint density at radius 1 is 1.18 bits per heavy atom. The minimum Gasteiger partial charge on any atom is -0.382 e. The monoisotopic (exact) mass is 499 g/mol. The maximum absolute atomic E-state index is 13.1. The number of fused-ring (bicyclic) bond motifs is 1. The molecule has 1 N–H and O–H groups in total. The molecule has 2 aromatic carbocycles. The van der Waals surface area contributed by atoms with E-state index >= 15 is 0 Å². The molecule has 0 amide bonds. The van der Waals surface area contributed by atoms with Crippen molar-refractivity contribution < 1.29 is 8.42 Å². The highest BCUT2D eigenvalue weighted by Gasteiger charge is 2.55. The minimum absolute atomic E-state index is 0.136. The second-order valence-electron chi connectivity index (χ2n) is 9.60. The van der Waals surface area contributed by atoms with Crippen molar-refractivity contribution >= 4 is 27.3 Å². The number of aromatic nitrogens is 2. The summed E-state index contributed by atoms with van der Waals surface area (Å²) in [4.78, 5) is 2.76. The summed E-state index contributed by atoms with van der Waals surface area (Å²) >= 11 is 6.54. The molecule has 0 spiro atoms. The molecular weight excluding hydrogens is 470 g/mol. The molecule has 3 fully saturated rings. The number of anilines is 1. The van der Waals surface area contributed by atoms with Crippen molar-refractivity contribution in [3.05, 3.63) is 77.1 Å². The Balaban J connectivity index is 1.25. The fourth-order valence-electron chi connectivity index (χ4n) is 5.30. The fraction of sp³-hybridized carbons (Fsp3) is 0.400. The van der Waals surface area contributed by atoms with Crippen molar-refractivity contribution in [2.45, 2.75) is 36.4 Å². The zero-order chi connectivity index (χ0) is 23.9. The zero-order valence-electron chi connectivity index (χ0n) is 19.5. The molecule has 1 aromatic heterocycles. The van der Waals surface area contributed by atoms with E-state index in [0.717, 1.165) is 31.2 Å². The highest BCUT2D eigenvalue weighted by atomic mass is 35.5. The van der Waals surface area contributed by atoms with Gasteiger partial charge in [0.25, 0.3) is 0 Å². The number of aryl methyl sites for hydroxylation is 1. The first-order chi connectivity index (χ1) is 16.2. The summed E-state index contributed by atoms with van der Waals surface area (Å²) in [7, 11) is -0.324. The van der Waals surface area contributed by atoms with Crippen LogP contribution in [0.5, 0.6) is 0 Å². The lowest BCUT2D eigenvalue weighted by Gasteiger charge is -2.43. The first-order valence-electron chi connectivity index (χ1n) is 11.5. The lowest BCUT2D eigenvalue weighted by atomic mass is 9.73. The zero-order valence-corrected chi connectivity index (χ0v) is 21.1. The predicted molar refractivity (Wildman–Crippen MR) is 134 cm³/mol. The van der Waals surface area contributed by atoms with Crippen molar-refractivity contribution in [1.29, 1.82) is 0 Å². The number of halogens is 1. The number of hydrogen-bond acceptors (Lipinski definition) is 5. The van der Waals surface area contributed by atoms with Crippen LogP contribution in [0.3, 0.4) is 0 Å². The molecule has 34 heavy (non-hydrogen) atoms. The van der Waals surface area contributed by atoms with Crippen molar-refractivity contribution in [2.24, 2.45) is 13.0 Å². The molecule has 2 bridgehead atoms. The minimum atomic E-state index is -3.68. The van der Waals surface area contributed by atoms with Crippen LogP contribution >= 0.6 is 11.6 Å². The van der Waals surface area contributed by atoms with Gasteiger partial charge in [0, 0.05) is 45.5 Å². The fourth-order valence-corrected chi connectivity index (χ4v) is 6.78. The maximum atomic E-state index is 13.1. The molecule has 3 aromatic rings. The molecule has 7 nitrogen and oxygen atoms in total. The van der Waals surface area contributed by atoms with E-state index in [9.17, 15) is 8.42 Å². The van der Waals surface area contributed by atoms with Gasteiger partial charge in [0.05, 0.1) is 27.8 Å². The van der Waals surface area contributed by atoms with Crippen LogP contribution in [-0.4, -0.2) is 53.1 Å². The Morgan fingerprint density at radius 3 is 2.62 bits per heavy atom. The highest BCUT2D eigenvalue weighted by Crippen LogP contribution is 2.51. The van der Waals surface area contributed by atoms with E-state index in [1.54, 1.807) is 43.2 Å². The van der Waals surface area contributed by atoms with E-state index < -0.39 is 10.0 Å². The second kappa shape index (κ2) is 9.00. The Hall–Kier alpha value is -2.39. The van der Waals surface area contributed by atoms with Crippen LogP contribution in [-0.2, 0) is 30.2 Å². The molecule has 3 heterocycles. The second-order valence-corrected chi connectivity index (χ2v) is 12.1. The largest absolute Gasteiger partial charge is 0.382 e. The predicted octanol–water partition coefficient (Wildman–Crippen LogP) is 3.97. The van der Waals surface area contributed by atoms with E-state index in [1.807, 2.05) is 6.07 Å². The summed E-state index contributed by atoms with van der Waals surface area (Å²) in [5.74, 6) is 0.767. The summed E-state index contributed by atoms with van der Waals surface area (Å²) < 4.78 is 29.1. The third-order valence-corrected chi connectivity index (χ3v) is 9.23. The van der Waals surface area contributed by atoms with Crippen molar-refractivity contribution in [3.8, 4) is 0 Å². The van der Waals surface area contributed by atoms with Crippen molar-refractivity contribution in [3.63, 3.8) is 0 Å². The Bertz CT molecular complexity index is 1270. The van der Waals surface area contributed by atoms with Crippen LogP contribution in [0.1, 0.15) is 24.1 Å². The van der Waals surface area contributed by atoms with Gasteiger partial charge >= 0.3 is 0 Å². The van der Waals surface area contributed by atoms with Gasteiger partial charge in [0.1, 0.15) is 0 Å². The lowest BCUT2D eigenvalue weighted by Crippen LogP contribution is -2.50. The lowest BCUT2D eigenvalue weighted by molar-refractivity contribution is 0.115. The maximum Gasteiger partial charge on any atom is 0.243 e. The molecule has 3 aliphatic rings. The van der Waals surface area contributed by atoms with E-state index in [-0.39, 0.29) is 17.0 Å². The van der Waals surface area contributed by atoms with Gasteiger partial charge < -0.3 is 5.32 Å². The van der Waals surface area contributed by atoms with Gasteiger partial charge in [-0.3, -0.25) is 9.58 Å². The third kappa shape index (κ3) is 4.47. The summed E-state index contributed by atoms with van der Waals surface area (Å²) in [6.45, 7) is 3.07. The molecule has 1 saturated carbocycles. The Morgan fingerprint density at radius 2 is 1.94 bits per heavy atom. The third-order valence-electron chi connectivity index (χ3n) is 7.11. The first-order valence-corrected chi connectivity index (χ1v) is 13.3. The average Bonchev–Trinajstić information content (AvgIpc) is 3.45. The number of rotatable bonds is 9. The van der Waals surface area contributed by atoms with Gasteiger partial charge in [-0.2, -0.15) is 9.40 Å². The molecule has 0 unspecified atom stereocenters. The molecule has 180 valence electrons. The smallest absolute Gasteiger partial charge is 0.243 e. The highest BCUT2D eigenvalue weighted by molar-refractivity contribution is 7.89. The molecule has 0 radical (unpaired) electrons. The molecule has 9 heteroatoms. The summed E-state index contributed by atoms with van der Waals surface area (Å²) in [5.41, 5.74) is 2.92. The normalized spacial score (nSPS) is 22.2. The van der Waals surface area contributed by atoms with Crippen LogP contribution in [0, 0.1) is 5.92 Å². The summed E-state index contributed by atoms with van der Waals surface area (Å²) in [6.07, 6.45) is 4.17. The standard InChI is InChI=1S/C25H30ClN5O2S/c1-29-11-10-21(28-29)17-30(2)34(32,33)22-8-9-24(23(26)12-22)27-18-25-13-20(14-25)16-31(25)15-19-6-4-3-5-7-19/h3-12,20,27H,13-18H2,1-2H3. The number of nitrogens with zero attached hydrogens (tertiary/aromatic N) is 4. The molecule has 1 aliphatic carbocycles. The summed E-state index contributed by atoms with van der Waals surface area (Å²) in [6, 6.07) is 17.3. The van der Waals surface area contributed by atoms with Gasteiger partial charge in [-0.15, -0.1) is 0 Å². The van der Waals surface area contributed by atoms with E-state index in [1.165, 1.54) is 28.8 Å². The van der Waals surface area contributed by atoms with Gasteiger partial charge in [-0.05, 0) is 48.6 Å². The van der Waals surface area contributed by atoms with Gasteiger partial charge in [0.2, 0.25) is 10.0 Å².